The zero-order valence-corrected chi connectivity index (χ0v) is 11.1. The molecule has 16 heavy (non-hydrogen) atoms. The molecule has 0 aliphatic rings. The van der Waals surface area contributed by atoms with Crippen molar-refractivity contribution in [1.82, 2.24) is 0 Å². The number of aryl methyl sites for hydroxylation is 3. The van der Waals surface area contributed by atoms with Crippen molar-refractivity contribution in [3.05, 3.63) is 34.9 Å². The van der Waals surface area contributed by atoms with E-state index in [4.69, 9.17) is 0 Å². The van der Waals surface area contributed by atoms with Crippen molar-refractivity contribution in [2.75, 3.05) is 0 Å². The van der Waals surface area contributed by atoms with Crippen LogP contribution in [0.1, 0.15) is 43.9 Å². The Balaban J connectivity index is 2.65. The van der Waals surface area contributed by atoms with Gasteiger partial charge in [-0.05, 0) is 25.8 Å². The number of Topliss-reactive ketones (excluding diaryl/α,β-unsaturated/α-hetero) is 1. The first-order chi connectivity index (χ1) is 7.29. The molecule has 1 aromatic rings. The number of hydrogen-bond acceptors (Lipinski definition) is 1. The molecule has 1 heteroatoms. The van der Waals surface area contributed by atoms with E-state index in [1.807, 2.05) is 20.8 Å². The van der Waals surface area contributed by atoms with E-state index in [2.05, 4.69) is 32.0 Å². The molecule has 0 aliphatic heterocycles. The topological polar surface area (TPSA) is 17.1 Å². The van der Waals surface area contributed by atoms with Gasteiger partial charge in [0, 0.05) is 11.8 Å². The molecule has 1 aromatic carbocycles. The maximum absolute atomic E-state index is 11.8. The van der Waals surface area contributed by atoms with Crippen LogP contribution in [0.2, 0.25) is 0 Å². The van der Waals surface area contributed by atoms with Gasteiger partial charge >= 0.3 is 0 Å². The molecular weight excluding hydrogens is 196 g/mol. The Bertz CT molecular complexity index is 363. The molecule has 0 radical (unpaired) electrons. The minimum atomic E-state index is -0.209. The molecule has 0 bridgehead atoms. The fraction of sp³-hybridized carbons (Fsp3) is 0.533. The zero-order valence-electron chi connectivity index (χ0n) is 11.1. The van der Waals surface area contributed by atoms with Crippen LogP contribution in [-0.2, 0) is 11.2 Å². The highest BCUT2D eigenvalue weighted by Crippen LogP contribution is 2.19. The van der Waals surface area contributed by atoms with E-state index in [9.17, 15) is 4.79 Å². The molecular formula is C15H22O. The summed E-state index contributed by atoms with van der Waals surface area (Å²) in [6.07, 6.45) is 1.50. The van der Waals surface area contributed by atoms with Gasteiger partial charge in [-0.2, -0.15) is 0 Å². The summed E-state index contributed by atoms with van der Waals surface area (Å²) in [5.74, 6) is 0.339. The lowest BCUT2D eigenvalue weighted by atomic mass is 9.87. The second-order valence-corrected chi connectivity index (χ2v) is 5.67. The summed E-state index contributed by atoms with van der Waals surface area (Å²) in [6.45, 7) is 10.1. The third-order valence-corrected chi connectivity index (χ3v) is 2.76. The molecule has 0 saturated carbocycles. The zero-order chi connectivity index (χ0) is 12.3. The van der Waals surface area contributed by atoms with Gasteiger partial charge in [0.1, 0.15) is 5.78 Å². The smallest absolute Gasteiger partial charge is 0.138 e. The van der Waals surface area contributed by atoms with E-state index in [0.717, 1.165) is 6.42 Å². The van der Waals surface area contributed by atoms with Crippen molar-refractivity contribution < 1.29 is 4.79 Å². The van der Waals surface area contributed by atoms with Gasteiger partial charge in [-0.25, -0.2) is 0 Å². The van der Waals surface area contributed by atoms with Crippen molar-refractivity contribution >= 4 is 5.78 Å². The highest BCUT2D eigenvalue weighted by Gasteiger charge is 2.20. The van der Waals surface area contributed by atoms with E-state index >= 15 is 0 Å². The minimum Gasteiger partial charge on any atom is -0.299 e. The lowest BCUT2D eigenvalue weighted by molar-refractivity contribution is -0.126. The Morgan fingerprint density at radius 1 is 1.06 bits per heavy atom. The first kappa shape index (κ1) is 13.0. The third kappa shape index (κ3) is 3.80. The van der Waals surface area contributed by atoms with Crippen molar-refractivity contribution in [2.45, 2.75) is 47.5 Å². The predicted octanol–water partition coefficient (Wildman–Crippen LogP) is 3.85. The van der Waals surface area contributed by atoms with Crippen LogP contribution in [0.25, 0.3) is 0 Å². The van der Waals surface area contributed by atoms with E-state index < -0.39 is 0 Å². The van der Waals surface area contributed by atoms with Gasteiger partial charge in [0.05, 0.1) is 0 Å². The summed E-state index contributed by atoms with van der Waals surface area (Å²) in [6, 6.07) is 6.50. The lowest BCUT2D eigenvalue weighted by Crippen LogP contribution is -2.20. The molecule has 1 rings (SSSR count). The Morgan fingerprint density at radius 2 is 1.56 bits per heavy atom. The van der Waals surface area contributed by atoms with Gasteiger partial charge in [-0.3, -0.25) is 4.79 Å². The number of ketones is 1. The average molecular weight is 218 g/mol. The van der Waals surface area contributed by atoms with Crippen molar-refractivity contribution in [3.63, 3.8) is 0 Å². The summed E-state index contributed by atoms with van der Waals surface area (Å²) < 4.78 is 0. The van der Waals surface area contributed by atoms with Crippen LogP contribution < -0.4 is 0 Å². The van der Waals surface area contributed by atoms with Gasteiger partial charge < -0.3 is 0 Å². The van der Waals surface area contributed by atoms with E-state index in [0.29, 0.717) is 12.2 Å². The molecule has 0 aliphatic carbocycles. The van der Waals surface area contributed by atoms with E-state index in [1.54, 1.807) is 0 Å². The second kappa shape index (κ2) is 4.82. The Hall–Kier alpha value is -1.11. The molecule has 0 atom stereocenters. The van der Waals surface area contributed by atoms with Crippen LogP contribution in [-0.4, -0.2) is 5.78 Å². The Kier molecular flexibility index (Phi) is 3.90. The molecule has 0 unspecified atom stereocenters. The first-order valence-corrected chi connectivity index (χ1v) is 5.89. The monoisotopic (exact) mass is 218 g/mol. The molecule has 0 saturated heterocycles. The van der Waals surface area contributed by atoms with Crippen LogP contribution >= 0.6 is 0 Å². The average Bonchev–Trinajstić information content (AvgIpc) is 2.11. The van der Waals surface area contributed by atoms with Crippen LogP contribution in [0.5, 0.6) is 0 Å². The van der Waals surface area contributed by atoms with Crippen LogP contribution in [0.3, 0.4) is 0 Å². The molecule has 0 spiro atoms. The molecule has 0 amide bonds. The molecule has 1 nitrogen and oxygen atoms in total. The van der Waals surface area contributed by atoms with Gasteiger partial charge in [-0.1, -0.05) is 50.1 Å². The molecule has 88 valence electrons. The number of carbonyl (C=O) groups excluding carboxylic acids is 1. The van der Waals surface area contributed by atoms with Gasteiger partial charge in [0.25, 0.3) is 0 Å². The fourth-order valence-electron chi connectivity index (χ4n) is 1.85. The Labute approximate surface area is 98.9 Å². The summed E-state index contributed by atoms with van der Waals surface area (Å²) in [4.78, 5) is 11.8. The molecule has 0 fully saturated rings. The molecule has 0 heterocycles. The minimum absolute atomic E-state index is 0.209. The van der Waals surface area contributed by atoms with Crippen molar-refractivity contribution in [2.24, 2.45) is 5.41 Å². The number of rotatable bonds is 3. The van der Waals surface area contributed by atoms with Gasteiger partial charge in [0.2, 0.25) is 0 Å². The largest absolute Gasteiger partial charge is 0.299 e. The quantitative estimate of drug-likeness (QED) is 0.753. The van der Waals surface area contributed by atoms with Crippen LogP contribution in [0.15, 0.2) is 18.2 Å². The summed E-state index contributed by atoms with van der Waals surface area (Å²) >= 11 is 0. The maximum atomic E-state index is 11.8. The standard InChI is InChI=1S/C15H22O/c1-11-8-12(2)10-13(9-11)6-7-14(16)15(3,4)5/h8-10H,6-7H2,1-5H3. The SMILES string of the molecule is Cc1cc(C)cc(CCC(=O)C(C)(C)C)c1. The highest BCUT2D eigenvalue weighted by atomic mass is 16.1. The third-order valence-electron chi connectivity index (χ3n) is 2.76. The predicted molar refractivity (Wildman–Crippen MR) is 68.7 cm³/mol. The maximum Gasteiger partial charge on any atom is 0.138 e. The summed E-state index contributed by atoms with van der Waals surface area (Å²) in [7, 11) is 0. The fourth-order valence-corrected chi connectivity index (χ4v) is 1.85. The second-order valence-electron chi connectivity index (χ2n) is 5.67. The molecule has 0 N–H and O–H groups in total. The Morgan fingerprint density at radius 3 is 2.00 bits per heavy atom. The molecule has 0 aromatic heterocycles. The van der Waals surface area contributed by atoms with Crippen LogP contribution in [0, 0.1) is 19.3 Å². The van der Waals surface area contributed by atoms with Gasteiger partial charge in [-0.15, -0.1) is 0 Å². The van der Waals surface area contributed by atoms with Crippen molar-refractivity contribution in [1.29, 1.82) is 0 Å². The van der Waals surface area contributed by atoms with E-state index in [-0.39, 0.29) is 5.41 Å². The van der Waals surface area contributed by atoms with Crippen molar-refractivity contribution in [3.8, 4) is 0 Å². The summed E-state index contributed by atoms with van der Waals surface area (Å²) in [5, 5.41) is 0. The number of carbonyl (C=O) groups is 1. The van der Waals surface area contributed by atoms with Crippen LogP contribution in [0.4, 0.5) is 0 Å². The number of benzene rings is 1. The summed E-state index contributed by atoms with van der Waals surface area (Å²) in [5.41, 5.74) is 3.62. The lowest BCUT2D eigenvalue weighted by Gasteiger charge is -2.16. The number of hydrogen-bond donors (Lipinski definition) is 0. The van der Waals surface area contributed by atoms with Gasteiger partial charge in [0.15, 0.2) is 0 Å². The normalized spacial score (nSPS) is 11.6. The van der Waals surface area contributed by atoms with E-state index in [1.165, 1.54) is 16.7 Å². The first-order valence-electron chi connectivity index (χ1n) is 5.89. The highest BCUT2D eigenvalue weighted by molar-refractivity contribution is 5.83.